The highest BCUT2D eigenvalue weighted by Gasteiger charge is 2.11. The SMILES string of the molecule is Br.CN(C)c1ccc(C(=NNc2nc(-c3ccc(Cl)c(Cl)c3)cs2)c2ccc(N(C)C)cc2)cc1. The van der Waals surface area contributed by atoms with Crippen LogP contribution in [0.15, 0.2) is 77.2 Å². The maximum atomic E-state index is 6.17. The molecule has 0 saturated heterocycles. The molecule has 0 aliphatic heterocycles. The fourth-order valence-corrected chi connectivity index (χ4v) is 4.31. The number of nitrogens with one attached hydrogen (secondary N) is 1. The quantitative estimate of drug-likeness (QED) is 0.177. The molecule has 3 aromatic carbocycles. The third-order valence-corrected chi connectivity index (χ3v) is 6.78. The van der Waals surface area contributed by atoms with Crippen LogP contribution in [0.2, 0.25) is 10.0 Å². The highest BCUT2D eigenvalue weighted by Crippen LogP contribution is 2.30. The van der Waals surface area contributed by atoms with Crippen LogP contribution in [0.3, 0.4) is 0 Å². The van der Waals surface area contributed by atoms with Gasteiger partial charge in [0.05, 0.1) is 21.5 Å². The lowest BCUT2D eigenvalue weighted by Crippen LogP contribution is -2.11. The van der Waals surface area contributed by atoms with Crippen molar-refractivity contribution in [2.75, 3.05) is 43.4 Å². The second-order valence-corrected chi connectivity index (χ2v) is 9.79. The lowest BCUT2D eigenvalue weighted by atomic mass is 10.0. The molecule has 4 aromatic rings. The third-order valence-electron chi connectivity index (χ3n) is 5.30. The molecule has 0 radical (unpaired) electrons. The van der Waals surface area contributed by atoms with Gasteiger partial charge in [-0.25, -0.2) is 4.98 Å². The smallest absolute Gasteiger partial charge is 0.203 e. The van der Waals surface area contributed by atoms with E-state index in [9.17, 15) is 0 Å². The lowest BCUT2D eigenvalue weighted by molar-refractivity contribution is 1.13. The van der Waals surface area contributed by atoms with Gasteiger partial charge in [0, 0.05) is 61.6 Å². The van der Waals surface area contributed by atoms with Crippen LogP contribution in [0.4, 0.5) is 16.5 Å². The summed E-state index contributed by atoms with van der Waals surface area (Å²) in [5.41, 5.74) is 9.98. The first-order valence-corrected chi connectivity index (χ1v) is 12.3. The van der Waals surface area contributed by atoms with Gasteiger partial charge in [0.25, 0.3) is 0 Å². The molecule has 182 valence electrons. The maximum absolute atomic E-state index is 6.17. The molecule has 35 heavy (non-hydrogen) atoms. The standard InChI is InChI=1S/C26H25Cl2N5S.BrH/c1-32(2)20-10-5-17(6-11-20)25(18-7-12-21(13-8-18)33(3)4)30-31-26-29-24(16-34-26)19-9-14-22(27)23(28)15-19;/h5-16H,1-4H3,(H,29,31);1H. The van der Waals surface area contributed by atoms with Crippen LogP contribution in [-0.2, 0) is 0 Å². The van der Waals surface area contributed by atoms with Gasteiger partial charge >= 0.3 is 0 Å². The van der Waals surface area contributed by atoms with Gasteiger partial charge in [-0.3, -0.25) is 5.43 Å². The lowest BCUT2D eigenvalue weighted by Gasteiger charge is -2.15. The van der Waals surface area contributed by atoms with Crippen molar-refractivity contribution in [1.29, 1.82) is 0 Å². The van der Waals surface area contributed by atoms with Crippen LogP contribution in [0.5, 0.6) is 0 Å². The van der Waals surface area contributed by atoms with E-state index in [2.05, 4.69) is 68.7 Å². The van der Waals surface area contributed by atoms with Gasteiger partial charge in [0.2, 0.25) is 5.13 Å². The van der Waals surface area contributed by atoms with Gasteiger partial charge in [0.1, 0.15) is 0 Å². The highest BCUT2D eigenvalue weighted by atomic mass is 79.9. The summed E-state index contributed by atoms with van der Waals surface area (Å²) >= 11 is 13.7. The molecular formula is C26H26BrCl2N5S. The maximum Gasteiger partial charge on any atom is 0.203 e. The van der Waals surface area contributed by atoms with E-state index in [1.165, 1.54) is 11.3 Å². The molecule has 9 heteroatoms. The molecule has 4 rings (SSSR count). The van der Waals surface area contributed by atoms with Gasteiger partial charge < -0.3 is 9.80 Å². The van der Waals surface area contributed by atoms with E-state index in [4.69, 9.17) is 28.3 Å². The highest BCUT2D eigenvalue weighted by molar-refractivity contribution is 8.93. The molecule has 0 spiro atoms. The van der Waals surface area contributed by atoms with Crippen LogP contribution < -0.4 is 15.2 Å². The van der Waals surface area contributed by atoms with E-state index in [0.29, 0.717) is 15.2 Å². The van der Waals surface area contributed by atoms with Crippen LogP contribution in [0.25, 0.3) is 11.3 Å². The first-order valence-electron chi connectivity index (χ1n) is 10.6. The Morgan fingerprint density at radius 3 is 1.83 bits per heavy atom. The molecule has 0 aliphatic rings. The molecule has 0 saturated carbocycles. The van der Waals surface area contributed by atoms with Crippen molar-refractivity contribution in [2.24, 2.45) is 5.10 Å². The Labute approximate surface area is 230 Å². The fourth-order valence-electron chi connectivity index (χ4n) is 3.35. The van der Waals surface area contributed by atoms with Crippen molar-refractivity contribution in [3.05, 3.63) is 93.3 Å². The monoisotopic (exact) mass is 589 g/mol. The van der Waals surface area contributed by atoms with E-state index in [1.54, 1.807) is 6.07 Å². The number of hydrazone groups is 1. The molecular weight excluding hydrogens is 565 g/mol. The fraction of sp³-hybridized carbons (Fsp3) is 0.154. The minimum Gasteiger partial charge on any atom is -0.378 e. The van der Waals surface area contributed by atoms with Gasteiger partial charge in [-0.2, -0.15) is 5.10 Å². The van der Waals surface area contributed by atoms with Crippen LogP contribution in [-0.4, -0.2) is 38.9 Å². The minimum atomic E-state index is 0. The average Bonchev–Trinajstić information content (AvgIpc) is 3.30. The second kappa shape index (κ2) is 11.9. The van der Waals surface area contributed by atoms with Crippen molar-refractivity contribution in [3.8, 4) is 11.3 Å². The van der Waals surface area contributed by atoms with Crippen molar-refractivity contribution < 1.29 is 0 Å². The number of thiazole rings is 1. The molecule has 0 unspecified atom stereocenters. The summed E-state index contributed by atoms with van der Waals surface area (Å²) in [5.74, 6) is 0. The molecule has 0 bridgehead atoms. The van der Waals surface area contributed by atoms with E-state index in [-0.39, 0.29) is 17.0 Å². The number of hydrogen-bond donors (Lipinski definition) is 1. The first-order chi connectivity index (χ1) is 16.3. The summed E-state index contributed by atoms with van der Waals surface area (Å²) < 4.78 is 0. The van der Waals surface area contributed by atoms with Crippen molar-refractivity contribution >= 4 is 73.7 Å². The molecule has 0 atom stereocenters. The zero-order chi connectivity index (χ0) is 24.2. The summed E-state index contributed by atoms with van der Waals surface area (Å²) in [4.78, 5) is 8.82. The topological polar surface area (TPSA) is 43.8 Å². The molecule has 5 nitrogen and oxygen atoms in total. The van der Waals surface area contributed by atoms with Crippen LogP contribution >= 0.6 is 51.5 Å². The molecule has 1 heterocycles. The number of nitrogens with zero attached hydrogens (tertiary/aromatic N) is 4. The number of aromatic nitrogens is 1. The molecule has 0 amide bonds. The Morgan fingerprint density at radius 2 is 1.34 bits per heavy atom. The number of rotatable bonds is 7. The van der Waals surface area contributed by atoms with Gasteiger partial charge in [-0.1, -0.05) is 53.5 Å². The summed E-state index contributed by atoms with van der Waals surface area (Å²) in [5, 5.41) is 8.44. The second-order valence-electron chi connectivity index (χ2n) is 8.12. The summed E-state index contributed by atoms with van der Waals surface area (Å²) in [6, 6.07) is 22.2. The summed E-state index contributed by atoms with van der Waals surface area (Å²) in [7, 11) is 8.11. The van der Waals surface area contributed by atoms with Gasteiger partial charge in [0.15, 0.2) is 0 Å². The Morgan fingerprint density at radius 1 is 0.800 bits per heavy atom. The number of anilines is 3. The third kappa shape index (κ3) is 6.55. The Balaban J connectivity index is 0.00000342. The molecule has 0 aliphatic carbocycles. The molecule has 0 fully saturated rings. The van der Waals surface area contributed by atoms with E-state index in [0.717, 1.165) is 39.5 Å². The number of benzene rings is 3. The molecule has 1 aromatic heterocycles. The van der Waals surface area contributed by atoms with Crippen LogP contribution in [0, 0.1) is 0 Å². The molecule has 1 N–H and O–H groups in total. The Hall–Kier alpha value is -2.58. The normalized spacial score (nSPS) is 10.3. The Kier molecular flexibility index (Phi) is 9.19. The van der Waals surface area contributed by atoms with Gasteiger partial charge in [-0.15, -0.1) is 28.3 Å². The zero-order valence-corrected chi connectivity index (χ0v) is 23.8. The van der Waals surface area contributed by atoms with E-state index in [1.807, 2.05) is 45.7 Å². The average molecular weight is 591 g/mol. The zero-order valence-electron chi connectivity index (χ0n) is 19.8. The van der Waals surface area contributed by atoms with Crippen molar-refractivity contribution in [3.63, 3.8) is 0 Å². The minimum absolute atomic E-state index is 0. The number of hydrogen-bond acceptors (Lipinski definition) is 6. The van der Waals surface area contributed by atoms with Crippen molar-refractivity contribution in [1.82, 2.24) is 4.98 Å². The predicted molar refractivity (Wildman–Crippen MR) is 159 cm³/mol. The van der Waals surface area contributed by atoms with Crippen LogP contribution in [0.1, 0.15) is 11.1 Å². The number of halogens is 3. The van der Waals surface area contributed by atoms with Crippen molar-refractivity contribution in [2.45, 2.75) is 0 Å². The predicted octanol–water partition coefficient (Wildman–Crippen LogP) is 7.69. The van der Waals surface area contributed by atoms with Gasteiger partial charge in [-0.05, 0) is 36.4 Å². The Bertz CT molecular complexity index is 1250. The summed E-state index contributed by atoms with van der Waals surface area (Å²) in [6.45, 7) is 0. The summed E-state index contributed by atoms with van der Waals surface area (Å²) in [6.07, 6.45) is 0. The van der Waals surface area contributed by atoms with E-state index >= 15 is 0 Å². The largest absolute Gasteiger partial charge is 0.378 e. The van der Waals surface area contributed by atoms with E-state index < -0.39 is 0 Å². The first kappa shape index (κ1) is 27.0.